The zero-order valence-electron chi connectivity index (χ0n) is 7.83. The Morgan fingerprint density at radius 1 is 1.54 bits per heavy atom. The molecule has 1 rings (SSSR count). The predicted octanol–water partition coefficient (Wildman–Crippen LogP) is 1.49. The van der Waals surface area contributed by atoms with Crippen molar-refractivity contribution in [3.63, 3.8) is 0 Å². The number of carbonyl (C=O) groups is 1. The Balaban J connectivity index is 2.98. The van der Waals surface area contributed by atoms with Crippen LogP contribution in [0.5, 0.6) is 5.75 Å². The average Bonchev–Trinajstić information content (AvgIpc) is 2.08. The van der Waals surface area contributed by atoms with Crippen LogP contribution in [0.1, 0.15) is 22.8 Å². The first kappa shape index (κ1) is 9.58. The molecule has 0 spiro atoms. The highest BCUT2D eigenvalue weighted by Crippen LogP contribution is 2.18. The average molecular weight is 179 g/mol. The third-order valence-electron chi connectivity index (χ3n) is 1.76. The first-order chi connectivity index (χ1) is 6.15. The summed E-state index contributed by atoms with van der Waals surface area (Å²) in [5.74, 6) is 0.388. The largest absolute Gasteiger partial charge is 0.494 e. The lowest BCUT2D eigenvalue weighted by Crippen LogP contribution is -2.11. The number of ether oxygens (including phenoxy) is 1. The van der Waals surface area contributed by atoms with E-state index in [0.29, 0.717) is 12.2 Å². The quantitative estimate of drug-likeness (QED) is 0.764. The fraction of sp³-hybridized carbons (Fsp3) is 0.300. The van der Waals surface area contributed by atoms with Gasteiger partial charge in [-0.3, -0.25) is 4.79 Å². The molecule has 0 saturated carbocycles. The summed E-state index contributed by atoms with van der Waals surface area (Å²) in [6.45, 7) is 4.43. The van der Waals surface area contributed by atoms with E-state index >= 15 is 0 Å². The summed E-state index contributed by atoms with van der Waals surface area (Å²) in [6.07, 6.45) is 0. The summed E-state index contributed by atoms with van der Waals surface area (Å²) < 4.78 is 5.32. The number of hydrogen-bond donors (Lipinski definition) is 1. The summed E-state index contributed by atoms with van der Waals surface area (Å²) in [5, 5.41) is 0. The highest BCUT2D eigenvalue weighted by Gasteiger charge is 2.03. The second kappa shape index (κ2) is 3.94. The Morgan fingerprint density at radius 2 is 2.23 bits per heavy atom. The van der Waals surface area contributed by atoms with Gasteiger partial charge in [0.2, 0.25) is 5.91 Å². The summed E-state index contributed by atoms with van der Waals surface area (Å²) in [6, 6.07) is 5.16. The zero-order chi connectivity index (χ0) is 9.84. The van der Waals surface area contributed by atoms with E-state index in [4.69, 9.17) is 10.5 Å². The van der Waals surface area contributed by atoms with Gasteiger partial charge in [-0.2, -0.15) is 0 Å². The van der Waals surface area contributed by atoms with Crippen molar-refractivity contribution in [2.24, 2.45) is 5.73 Å². The molecule has 2 N–H and O–H groups in total. The molecule has 0 fully saturated rings. The van der Waals surface area contributed by atoms with Crippen molar-refractivity contribution < 1.29 is 9.53 Å². The molecule has 3 heteroatoms. The molecule has 0 saturated heterocycles. The molecule has 3 nitrogen and oxygen atoms in total. The van der Waals surface area contributed by atoms with Crippen LogP contribution >= 0.6 is 0 Å². The Hall–Kier alpha value is -1.51. The van der Waals surface area contributed by atoms with Crippen molar-refractivity contribution in [1.29, 1.82) is 0 Å². The van der Waals surface area contributed by atoms with Crippen LogP contribution in [0.25, 0.3) is 0 Å². The van der Waals surface area contributed by atoms with Gasteiger partial charge in [0, 0.05) is 5.56 Å². The van der Waals surface area contributed by atoms with Gasteiger partial charge in [0.25, 0.3) is 0 Å². The van der Waals surface area contributed by atoms with Gasteiger partial charge in [-0.1, -0.05) is 0 Å². The maximum atomic E-state index is 10.8. The molecule has 0 aliphatic carbocycles. The number of primary amides is 1. The van der Waals surface area contributed by atoms with Crippen LogP contribution in [0.3, 0.4) is 0 Å². The van der Waals surface area contributed by atoms with Crippen molar-refractivity contribution in [2.75, 3.05) is 6.61 Å². The normalized spacial score (nSPS) is 9.69. The minimum Gasteiger partial charge on any atom is -0.494 e. The van der Waals surface area contributed by atoms with Crippen molar-refractivity contribution in [2.45, 2.75) is 13.8 Å². The van der Waals surface area contributed by atoms with Crippen LogP contribution in [-0.4, -0.2) is 12.5 Å². The van der Waals surface area contributed by atoms with E-state index in [2.05, 4.69) is 0 Å². The van der Waals surface area contributed by atoms with E-state index < -0.39 is 5.91 Å². The Bertz CT molecular complexity index is 321. The molecule has 13 heavy (non-hydrogen) atoms. The molecule has 0 radical (unpaired) electrons. The smallest absolute Gasteiger partial charge is 0.248 e. The second-order valence-corrected chi connectivity index (χ2v) is 2.78. The first-order valence-corrected chi connectivity index (χ1v) is 4.18. The fourth-order valence-corrected chi connectivity index (χ4v) is 1.12. The topological polar surface area (TPSA) is 52.3 Å². The molecular weight excluding hydrogens is 166 g/mol. The summed E-state index contributed by atoms with van der Waals surface area (Å²) in [4.78, 5) is 10.8. The Morgan fingerprint density at radius 3 is 2.69 bits per heavy atom. The summed E-state index contributed by atoms with van der Waals surface area (Å²) >= 11 is 0. The van der Waals surface area contributed by atoms with Gasteiger partial charge in [-0.25, -0.2) is 0 Å². The van der Waals surface area contributed by atoms with Crippen LogP contribution < -0.4 is 10.5 Å². The van der Waals surface area contributed by atoms with E-state index in [1.807, 2.05) is 13.8 Å². The highest BCUT2D eigenvalue weighted by atomic mass is 16.5. The van der Waals surface area contributed by atoms with Crippen molar-refractivity contribution in [3.8, 4) is 5.75 Å². The number of carbonyl (C=O) groups excluding carboxylic acids is 1. The van der Waals surface area contributed by atoms with Gasteiger partial charge < -0.3 is 10.5 Å². The van der Waals surface area contributed by atoms with Crippen LogP contribution in [-0.2, 0) is 0 Å². The summed E-state index contributed by atoms with van der Waals surface area (Å²) in [7, 11) is 0. The number of rotatable bonds is 3. The van der Waals surface area contributed by atoms with Crippen LogP contribution in [0.4, 0.5) is 0 Å². The minimum absolute atomic E-state index is 0.411. The van der Waals surface area contributed by atoms with Gasteiger partial charge >= 0.3 is 0 Å². The van der Waals surface area contributed by atoms with Gasteiger partial charge in [0.1, 0.15) is 5.75 Å². The lowest BCUT2D eigenvalue weighted by Gasteiger charge is -2.07. The molecule has 0 unspecified atom stereocenters. The minimum atomic E-state index is -0.411. The lowest BCUT2D eigenvalue weighted by molar-refractivity contribution is 0.1000. The highest BCUT2D eigenvalue weighted by molar-refractivity contribution is 5.93. The zero-order valence-corrected chi connectivity index (χ0v) is 7.83. The third kappa shape index (κ3) is 2.21. The van der Waals surface area contributed by atoms with Gasteiger partial charge in [0.05, 0.1) is 6.61 Å². The van der Waals surface area contributed by atoms with Crippen molar-refractivity contribution in [3.05, 3.63) is 29.3 Å². The van der Waals surface area contributed by atoms with Crippen LogP contribution in [0, 0.1) is 6.92 Å². The molecule has 0 aliphatic rings. The second-order valence-electron chi connectivity index (χ2n) is 2.78. The van der Waals surface area contributed by atoms with E-state index in [-0.39, 0.29) is 0 Å². The Labute approximate surface area is 77.5 Å². The number of hydrogen-bond acceptors (Lipinski definition) is 2. The summed E-state index contributed by atoms with van der Waals surface area (Å²) in [5.41, 5.74) is 6.57. The van der Waals surface area contributed by atoms with Crippen LogP contribution in [0.15, 0.2) is 18.2 Å². The number of benzene rings is 1. The van der Waals surface area contributed by atoms with Crippen molar-refractivity contribution >= 4 is 5.91 Å². The monoisotopic (exact) mass is 179 g/mol. The molecule has 1 amide bonds. The van der Waals surface area contributed by atoms with Crippen LogP contribution in [0.2, 0.25) is 0 Å². The van der Waals surface area contributed by atoms with Gasteiger partial charge in [0.15, 0.2) is 0 Å². The number of aryl methyl sites for hydroxylation is 1. The molecule has 70 valence electrons. The third-order valence-corrected chi connectivity index (χ3v) is 1.76. The van der Waals surface area contributed by atoms with E-state index in [1.165, 1.54) is 0 Å². The molecule has 0 aliphatic heterocycles. The standard InChI is InChI=1S/C10H13NO2/c1-3-13-9-5-4-8(10(11)12)6-7(9)2/h4-6H,3H2,1-2H3,(H2,11,12). The van der Waals surface area contributed by atoms with E-state index in [1.54, 1.807) is 18.2 Å². The molecule has 0 bridgehead atoms. The number of amides is 1. The van der Waals surface area contributed by atoms with E-state index in [9.17, 15) is 4.79 Å². The molecule has 0 atom stereocenters. The molecule has 1 aromatic rings. The fourth-order valence-electron chi connectivity index (χ4n) is 1.12. The Kier molecular flexibility index (Phi) is 2.90. The molecule has 0 aromatic heterocycles. The van der Waals surface area contributed by atoms with Gasteiger partial charge in [-0.05, 0) is 37.6 Å². The molecule has 0 heterocycles. The predicted molar refractivity (Wildman–Crippen MR) is 50.9 cm³/mol. The number of nitrogens with two attached hydrogens (primary N) is 1. The lowest BCUT2D eigenvalue weighted by atomic mass is 10.1. The van der Waals surface area contributed by atoms with Gasteiger partial charge in [-0.15, -0.1) is 0 Å². The maximum Gasteiger partial charge on any atom is 0.248 e. The molecule has 1 aromatic carbocycles. The first-order valence-electron chi connectivity index (χ1n) is 4.18. The SMILES string of the molecule is CCOc1ccc(C(N)=O)cc1C. The van der Waals surface area contributed by atoms with Crippen molar-refractivity contribution in [1.82, 2.24) is 0 Å². The maximum absolute atomic E-state index is 10.8. The van der Waals surface area contributed by atoms with E-state index in [0.717, 1.165) is 11.3 Å². The molecular formula is C10H13NO2.